The molecule has 0 spiro atoms. The van der Waals surface area contributed by atoms with Crippen molar-refractivity contribution in [3.05, 3.63) is 52.8 Å². The molecular formula is C13H16ClN3. The van der Waals surface area contributed by atoms with E-state index in [1.807, 2.05) is 48.3 Å². The molecule has 0 aliphatic heterocycles. The van der Waals surface area contributed by atoms with Gasteiger partial charge in [0, 0.05) is 37.8 Å². The van der Waals surface area contributed by atoms with Gasteiger partial charge < -0.3 is 5.32 Å². The minimum Gasteiger partial charge on any atom is -0.312 e. The average Bonchev–Trinajstić information content (AvgIpc) is 2.73. The van der Waals surface area contributed by atoms with Crippen LogP contribution in [-0.2, 0) is 20.0 Å². The van der Waals surface area contributed by atoms with Gasteiger partial charge in [-0.25, -0.2) is 0 Å². The molecule has 4 heteroatoms. The Kier molecular flexibility index (Phi) is 4.18. The van der Waals surface area contributed by atoms with Crippen LogP contribution in [0.2, 0.25) is 5.02 Å². The number of hydrogen-bond acceptors (Lipinski definition) is 2. The molecule has 0 radical (unpaired) electrons. The van der Waals surface area contributed by atoms with Crippen LogP contribution >= 0.6 is 11.6 Å². The lowest BCUT2D eigenvalue weighted by molar-refractivity contribution is 0.665. The average molecular weight is 250 g/mol. The molecule has 0 amide bonds. The minimum atomic E-state index is 0.798. The van der Waals surface area contributed by atoms with Gasteiger partial charge in [0.05, 0.1) is 5.69 Å². The fourth-order valence-corrected chi connectivity index (χ4v) is 1.88. The lowest BCUT2D eigenvalue weighted by Gasteiger charge is -2.05. The third-order valence-corrected chi connectivity index (χ3v) is 2.97. The van der Waals surface area contributed by atoms with E-state index in [1.165, 1.54) is 0 Å². The second kappa shape index (κ2) is 5.84. The summed E-state index contributed by atoms with van der Waals surface area (Å²) < 4.78 is 1.82. The van der Waals surface area contributed by atoms with Crippen LogP contribution in [0.5, 0.6) is 0 Å². The van der Waals surface area contributed by atoms with E-state index < -0.39 is 0 Å². The Morgan fingerprint density at radius 2 is 2.12 bits per heavy atom. The van der Waals surface area contributed by atoms with E-state index in [0.717, 1.165) is 35.8 Å². The topological polar surface area (TPSA) is 29.9 Å². The zero-order valence-corrected chi connectivity index (χ0v) is 10.6. The highest BCUT2D eigenvalue weighted by Gasteiger charge is 1.99. The Morgan fingerprint density at radius 3 is 2.82 bits per heavy atom. The third-order valence-electron chi connectivity index (χ3n) is 2.60. The molecule has 0 bridgehead atoms. The van der Waals surface area contributed by atoms with Crippen molar-refractivity contribution in [2.24, 2.45) is 7.05 Å². The highest BCUT2D eigenvalue weighted by atomic mass is 35.5. The summed E-state index contributed by atoms with van der Waals surface area (Å²) in [4.78, 5) is 0. The summed E-state index contributed by atoms with van der Waals surface area (Å²) in [5, 5.41) is 8.51. The fourth-order valence-electron chi connectivity index (χ4n) is 1.68. The second-order valence-electron chi connectivity index (χ2n) is 4.00. The molecule has 17 heavy (non-hydrogen) atoms. The third kappa shape index (κ3) is 3.58. The van der Waals surface area contributed by atoms with Crippen LogP contribution in [0.4, 0.5) is 0 Å². The van der Waals surface area contributed by atoms with Crippen LogP contribution in [0.3, 0.4) is 0 Å². The molecule has 1 aromatic heterocycles. The Morgan fingerprint density at radius 1 is 1.29 bits per heavy atom. The number of aromatic nitrogens is 2. The molecule has 0 aliphatic carbocycles. The van der Waals surface area contributed by atoms with Crippen molar-refractivity contribution >= 4 is 11.6 Å². The predicted octanol–water partition coefficient (Wildman–Crippen LogP) is 2.41. The summed E-state index contributed by atoms with van der Waals surface area (Å²) in [6.07, 6.45) is 2.90. The highest BCUT2D eigenvalue weighted by Crippen LogP contribution is 2.14. The van der Waals surface area contributed by atoms with Gasteiger partial charge in [-0.15, -0.1) is 0 Å². The van der Waals surface area contributed by atoms with Gasteiger partial charge in [0.25, 0.3) is 0 Å². The molecule has 2 aromatic rings. The van der Waals surface area contributed by atoms with Crippen LogP contribution in [0.25, 0.3) is 0 Å². The Balaban J connectivity index is 1.75. The SMILES string of the molecule is Cn1ccc(CCNCc2ccccc2Cl)n1. The first-order valence-corrected chi connectivity index (χ1v) is 6.06. The minimum absolute atomic E-state index is 0.798. The quantitative estimate of drug-likeness (QED) is 0.825. The molecule has 2 rings (SSSR count). The van der Waals surface area contributed by atoms with Crippen LogP contribution in [0.15, 0.2) is 36.5 Å². The van der Waals surface area contributed by atoms with Crippen molar-refractivity contribution < 1.29 is 0 Å². The standard InChI is InChI=1S/C13H16ClN3/c1-17-9-7-12(16-17)6-8-15-10-11-4-2-3-5-13(11)14/h2-5,7,9,15H,6,8,10H2,1H3. The maximum atomic E-state index is 6.07. The van der Waals surface area contributed by atoms with Gasteiger partial charge in [-0.2, -0.15) is 5.10 Å². The Bertz CT molecular complexity index is 479. The maximum absolute atomic E-state index is 6.07. The Hall–Kier alpha value is -1.32. The van der Waals surface area contributed by atoms with Gasteiger partial charge in [0.2, 0.25) is 0 Å². The van der Waals surface area contributed by atoms with Crippen molar-refractivity contribution in [2.45, 2.75) is 13.0 Å². The molecule has 0 fully saturated rings. The molecule has 0 aliphatic rings. The molecule has 0 unspecified atom stereocenters. The van der Waals surface area contributed by atoms with Crippen LogP contribution < -0.4 is 5.32 Å². The molecule has 1 N–H and O–H groups in total. The first-order chi connectivity index (χ1) is 8.25. The number of benzene rings is 1. The summed E-state index contributed by atoms with van der Waals surface area (Å²) >= 11 is 6.07. The summed E-state index contributed by atoms with van der Waals surface area (Å²) in [6.45, 7) is 1.70. The van der Waals surface area contributed by atoms with Crippen LogP contribution in [-0.4, -0.2) is 16.3 Å². The van der Waals surface area contributed by atoms with Crippen molar-refractivity contribution in [3.8, 4) is 0 Å². The molecular weight excluding hydrogens is 234 g/mol. The van der Waals surface area contributed by atoms with Gasteiger partial charge in [0.1, 0.15) is 0 Å². The number of hydrogen-bond donors (Lipinski definition) is 1. The van der Waals surface area contributed by atoms with E-state index in [2.05, 4.69) is 10.4 Å². The molecule has 3 nitrogen and oxygen atoms in total. The molecule has 0 atom stereocenters. The summed E-state index contributed by atoms with van der Waals surface area (Å²) in [6, 6.07) is 9.94. The summed E-state index contributed by atoms with van der Waals surface area (Å²) in [7, 11) is 1.93. The number of rotatable bonds is 5. The molecule has 1 heterocycles. The van der Waals surface area contributed by atoms with Crippen molar-refractivity contribution in [1.82, 2.24) is 15.1 Å². The van der Waals surface area contributed by atoms with E-state index in [1.54, 1.807) is 0 Å². The highest BCUT2D eigenvalue weighted by molar-refractivity contribution is 6.31. The molecule has 0 saturated carbocycles. The molecule has 1 aromatic carbocycles. The first-order valence-electron chi connectivity index (χ1n) is 5.68. The van der Waals surface area contributed by atoms with Crippen LogP contribution in [0, 0.1) is 0 Å². The molecule has 0 saturated heterocycles. The van der Waals surface area contributed by atoms with E-state index in [9.17, 15) is 0 Å². The van der Waals surface area contributed by atoms with Gasteiger partial charge in [0.15, 0.2) is 0 Å². The second-order valence-corrected chi connectivity index (χ2v) is 4.41. The number of nitrogens with one attached hydrogen (secondary N) is 1. The zero-order chi connectivity index (χ0) is 12.1. The monoisotopic (exact) mass is 249 g/mol. The first kappa shape index (κ1) is 12.1. The van der Waals surface area contributed by atoms with Gasteiger partial charge in [-0.3, -0.25) is 4.68 Å². The number of halogens is 1. The fraction of sp³-hybridized carbons (Fsp3) is 0.308. The van der Waals surface area contributed by atoms with Crippen molar-refractivity contribution in [1.29, 1.82) is 0 Å². The summed E-state index contributed by atoms with van der Waals surface area (Å²) in [5.41, 5.74) is 2.24. The van der Waals surface area contributed by atoms with Crippen molar-refractivity contribution in [2.75, 3.05) is 6.54 Å². The van der Waals surface area contributed by atoms with E-state index in [-0.39, 0.29) is 0 Å². The maximum Gasteiger partial charge on any atom is 0.0637 e. The van der Waals surface area contributed by atoms with Gasteiger partial charge in [-0.05, 0) is 17.7 Å². The van der Waals surface area contributed by atoms with Gasteiger partial charge in [-0.1, -0.05) is 29.8 Å². The lowest BCUT2D eigenvalue weighted by Crippen LogP contribution is -2.17. The normalized spacial score (nSPS) is 10.7. The van der Waals surface area contributed by atoms with Gasteiger partial charge >= 0.3 is 0 Å². The number of nitrogens with zero attached hydrogens (tertiary/aromatic N) is 2. The van der Waals surface area contributed by atoms with E-state index >= 15 is 0 Å². The Labute approximate surface area is 106 Å². The lowest BCUT2D eigenvalue weighted by atomic mass is 10.2. The zero-order valence-electron chi connectivity index (χ0n) is 9.86. The van der Waals surface area contributed by atoms with E-state index in [4.69, 9.17) is 11.6 Å². The number of aryl methyl sites for hydroxylation is 1. The largest absolute Gasteiger partial charge is 0.312 e. The molecule has 90 valence electrons. The van der Waals surface area contributed by atoms with Crippen molar-refractivity contribution in [3.63, 3.8) is 0 Å². The predicted molar refractivity (Wildman–Crippen MR) is 70.1 cm³/mol. The smallest absolute Gasteiger partial charge is 0.0637 e. The van der Waals surface area contributed by atoms with E-state index in [0.29, 0.717) is 0 Å². The summed E-state index contributed by atoms with van der Waals surface area (Å²) in [5.74, 6) is 0. The van der Waals surface area contributed by atoms with Crippen LogP contribution in [0.1, 0.15) is 11.3 Å².